The summed E-state index contributed by atoms with van der Waals surface area (Å²) in [7, 11) is 0. The van der Waals surface area contributed by atoms with Gasteiger partial charge in [0, 0.05) is 23.5 Å². The standard InChI is InChI=1S/C22H24N4O2/c1-15-5-9-17(10-6-15)26-20-4-2-3-19(20)21(25-26)22(27)24-16-7-11-18(12-8-16)28-14-13-23/h5-12H,2-4,13-14,23H2,1H3,(H,24,27). The summed E-state index contributed by atoms with van der Waals surface area (Å²) >= 11 is 0. The molecule has 1 amide bonds. The van der Waals surface area contributed by atoms with Crippen LogP contribution in [0.1, 0.15) is 33.7 Å². The fourth-order valence-electron chi connectivity index (χ4n) is 3.52. The normalized spacial score (nSPS) is 12.6. The predicted octanol–water partition coefficient (Wildman–Crippen LogP) is 3.26. The van der Waals surface area contributed by atoms with Crippen LogP contribution >= 0.6 is 0 Å². The van der Waals surface area contributed by atoms with Crippen LogP contribution in [0.15, 0.2) is 48.5 Å². The Morgan fingerprint density at radius 1 is 1.14 bits per heavy atom. The van der Waals surface area contributed by atoms with Gasteiger partial charge in [-0.15, -0.1) is 0 Å². The number of nitrogens with two attached hydrogens (primary N) is 1. The number of fused-ring (bicyclic) bond motifs is 1. The molecule has 1 aromatic heterocycles. The highest BCUT2D eigenvalue weighted by Crippen LogP contribution is 2.28. The highest BCUT2D eigenvalue weighted by molar-refractivity contribution is 6.04. The fourth-order valence-corrected chi connectivity index (χ4v) is 3.52. The van der Waals surface area contributed by atoms with Gasteiger partial charge in [-0.05, 0) is 62.6 Å². The van der Waals surface area contributed by atoms with Gasteiger partial charge in [-0.25, -0.2) is 4.68 Å². The van der Waals surface area contributed by atoms with Gasteiger partial charge in [-0.2, -0.15) is 5.10 Å². The van der Waals surface area contributed by atoms with Crippen LogP contribution in [0.4, 0.5) is 5.69 Å². The largest absolute Gasteiger partial charge is 0.492 e. The molecule has 1 aliphatic carbocycles. The van der Waals surface area contributed by atoms with Gasteiger partial charge in [-0.3, -0.25) is 4.79 Å². The second-order valence-corrected chi connectivity index (χ2v) is 6.99. The van der Waals surface area contributed by atoms with Gasteiger partial charge in [0.1, 0.15) is 12.4 Å². The summed E-state index contributed by atoms with van der Waals surface area (Å²) in [4.78, 5) is 12.9. The van der Waals surface area contributed by atoms with Crippen molar-refractivity contribution in [1.82, 2.24) is 9.78 Å². The summed E-state index contributed by atoms with van der Waals surface area (Å²) < 4.78 is 7.38. The molecule has 3 N–H and O–H groups in total. The molecule has 0 spiro atoms. The SMILES string of the molecule is Cc1ccc(-n2nc(C(=O)Nc3ccc(OCCN)cc3)c3c2CCC3)cc1. The Hall–Kier alpha value is -3.12. The molecule has 144 valence electrons. The molecule has 3 aromatic rings. The second kappa shape index (κ2) is 7.86. The molecule has 0 aliphatic heterocycles. The van der Waals surface area contributed by atoms with E-state index in [-0.39, 0.29) is 5.91 Å². The Morgan fingerprint density at radius 3 is 2.61 bits per heavy atom. The first-order chi connectivity index (χ1) is 13.7. The quantitative estimate of drug-likeness (QED) is 0.692. The smallest absolute Gasteiger partial charge is 0.276 e. The number of aryl methyl sites for hydroxylation is 1. The first-order valence-corrected chi connectivity index (χ1v) is 9.58. The first-order valence-electron chi connectivity index (χ1n) is 9.58. The number of rotatable bonds is 6. The summed E-state index contributed by atoms with van der Waals surface area (Å²) in [5.74, 6) is 0.549. The first kappa shape index (κ1) is 18.3. The van der Waals surface area contributed by atoms with Crippen LogP contribution in [0.5, 0.6) is 5.75 Å². The van der Waals surface area contributed by atoms with Crippen molar-refractivity contribution in [3.63, 3.8) is 0 Å². The molecular formula is C22H24N4O2. The number of amides is 1. The van der Waals surface area contributed by atoms with Crippen LogP contribution in [0, 0.1) is 6.92 Å². The maximum atomic E-state index is 12.9. The van der Waals surface area contributed by atoms with E-state index in [4.69, 9.17) is 10.5 Å². The third-order valence-electron chi connectivity index (χ3n) is 4.92. The predicted molar refractivity (Wildman–Crippen MR) is 109 cm³/mol. The van der Waals surface area contributed by atoms with E-state index in [1.54, 1.807) is 0 Å². The number of carbonyl (C=O) groups is 1. The molecule has 0 unspecified atom stereocenters. The summed E-state index contributed by atoms with van der Waals surface area (Å²) in [6.07, 6.45) is 2.87. The summed E-state index contributed by atoms with van der Waals surface area (Å²) in [5, 5.41) is 7.60. The molecular weight excluding hydrogens is 352 g/mol. The van der Waals surface area contributed by atoms with E-state index < -0.39 is 0 Å². The van der Waals surface area contributed by atoms with Gasteiger partial charge in [0.25, 0.3) is 5.91 Å². The Labute approximate surface area is 164 Å². The topological polar surface area (TPSA) is 82.2 Å². The molecule has 0 bridgehead atoms. The number of anilines is 1. The fraction of sp³-hybridized carbons (Fsp3) is 0.273. The summed E-state index contributed by atoms with van der Waals surface area (Å²) in [6.45, 7) is 2.99. The van der Waals surface area contributed by atoms with Crippen LogP contribution < -0.4 is 15.8 Å². The average molecular weight is 376 g/mol. The van der Waals surface area contributed by atoms with E-state index in [9.17, 15) is 4.79 Å². The molecule has 2 aromatic carbocycles. The third-order valence-corrected chi connectivity index (χ3v) is 4.92. The summed E-state index contributed by atoms with van der Waals surface area (Å²) in [6, 6.07) is 15.5. The molecule has 0 fully saturated rings. The maximum absolute atomic E-state index is 12.9. The number of benzene rings is 2. The molecule has 6 heteroatoms. The van der Waals surface area contributed by atoms with Crippen molar-refractivity contribution in [3.05, 3.63) is 71.0 Å². The minimum Gasteiger partial charge on any atom is -0.492 e. The van der Waals surface area contributed by atoms with Crippen LogP contribution in [0.25, 0.3) is 5.69 Å². The van der Waals surface area contributed by atoms with E-state index in [0.717, 1.165) is 42.0 Å². The lowest BCUT2D eigenvalue weighted by Crippen LogP contribution is -2.15. The molecule has 28 heavy (non-hydrogen) atoms. The Morgan fingerprint density at radius 2 is 1.89 bits per heavy atom. The number of carbonyl (C=O) groups excluding carboxylic acids is 1. The molecule has 0 radical (unpaired) electrons. The molecule has 0 atom stereocenters. The van der Waals surface area contributed by atoms with Gasteiger partial charge in [0.2, 0.25) is 0 Å². The van der Waals surface area contributed by atoms with Crippen LogP contribution in [-0.4, -0.2) is 28.8 Å². The lowest BCUT2D eigenvalue weighted by molar-refractivity contribution is 0.102. The van der Waals surface area contributed by atoms with Gasteiger partial charge in [0.05, 0.1) is 5.69 Å². The Kier molecular flexibility index (Phi) is 5.12. The number of ether oxygens (including phenoxy) is 1. The van der Waals surface area contributed by atoms with Crippen molar-refractivity contribution < 1.29 is 9.53 Å². The Bertz CT molecular complexity index is 975. The molecule has 4 rings (SSSR count). The van der Waals surface area contributed by atoms with E-state index in [1.165, 1.54) is 5.56 Å². The van der Waals surface area contributed by atoms with Crippen molar-refractivity contribution in [1.29, 1.82) is 0 Å². The monoisotopic (exact) mass is 376 g/mol. The van der Waals surface area contributed by atoms with Crippen molar-refractivity contribution in [3.8, 4) is 11.4 Å². The Balaban J connectivity index is 1.56. The highest BCUT2D eigenvalue weighted by Gasteiger charge is 2.27. The zero-order chi connectivity index (χ0) is 19.5. The molecule has 1 heterocycles. The third kappa shape index (κ3) is 3.64. The maximum Gasteiger partial charge on any atom is 0.276 e. The van der Waals surface area contributed by atoms with Gasteiger partial charge >= 0.3 is 0 Å². The van der Waals surface area contributed by atoms with Gasteiger partial charge in [-0.1, -0.05) is 17.7 Å². The lowest BCUT2D eigenvalue weighted by Gasteiger charge is -2.07. The second-order valence-electron chi connectivity index (χ2n) is 6.99. The van der Waals surface area contributed by atoms with Crippen molar-refractivity contribution in [2.24, 2.45) is 5.73 Å². The molecule has 0 saturated carbocycles. The number of aromatic nitrogens is 2. The average Bonchev–Trinajstić information content (AvgIpc) is 3.31. The molecule has 6 nitrogen and oxygen atoms in total. The zero-order valence-electron chi connectivity index (χ0n) is 15.9. The number of nitrogens with one attached hydrogen (secondary N) is 1. The lowest BCUT2D eigenvalue weighted by atomic mass is 10.2. The van der Waals surface area contributed by atoms with E-state index in [2.05, 4.69) is 29.5 Å². The van der Waals surface area contributed by atoms with Gasteiger partial charge < -0.3 is 15.8 Å². The number of hydrogen-bond acceptors (Lipinski definition) is 4. The molecule has 1 aliphatic rings. The van der Waals surface area contributed by atoms with E-state index >= 15 is 0 Å². The van der Waals surface area contributed by atoms with Crippen molar-refractivity contribution >= 4 is 11.6 Å². The van der Waals surface area contributed by atoms with Gasteiger partial charge in [0.15, 0.2) is 5.69 Å². The number of nitrogens with zero attached hydrogens (tertiary/aromatic N) is 2. The van der Waals surface area contributed by atoms with E-state index in [0.29, 0.717) is 24.5 Å². The minimum absolute atomic E-state index is 0.181. The van der Waals surface area contributed by atoms with Crippen LogP contribution in [0.2, 0.25) is 0 Å². The minimum atomic E-state index is -0.181. The van der Waals surface area contributed by atoms with Crippen LogP contribution in [0.3, 0.4) is 0 Å². The summed E-state index contributed by atoms with van der Waals surface area (Å²) in [5.41, 5.74) is 11.0. The van der Waals surface area contributed by atoms with Crippen LogP contribution in [-0.2, 0) is 12.8 Å². The molecule has 0 saturated heterocycles. The number of hydrogen-bond donors (Lipinski definition) is 2. The zero-order valence-corrected chi connectivity index (χ0v) is 15.9. The van der Waals surface area contributed by atoms with Crippen molar-refractivity contribution in [2.45, 2.75) is 26.2 Å². The highest BCUT2D eigenvalue weighted by atomic mass is 16.5. The van der Waals surface area contributed by atoms with Crippen molar-refractivity contribution in [2.75, 3.05) is 18.5 Å². The van der Waals surface area contributed by atoms with E-state index in [1.807, 2.05) is 41.1 Å².